The molecule has 1 aromatic heterocycles. The number of benzene rings is 1. The Morgan fingerprint density at radius 1 is 1.38 bits per heavy atom. The Morgan fingerprint density at radius 2 is 2.17 bits per heavy atom. The van der Waals surface area contributed by atoms with Crippen molar-refractivity contribution in [3.05, 3.63) is 47.9 Å². The number of nitrogens with one attached hydrogen (secondary N) is 1. The number of ether oxygens (including phenoxy) is 1. The quantitative estimate of drug-likeness (QED) is 0.742. The van der Waals surface area contributed by atoms with Gasteiger partial charge in [0.15, 0.2) is 0 Å². The van der Waals surface area contributed by atoms with Gasteiger partial charge in [0, 0.05) is 12.3 Å². The average molecular weight is 350 g/mol. The molecule has 8 heteroatoms. The van der Waals surface area contributed by atoms with Crippen LogP contribution in [0, 0.1) is 5.82 Å². The summed E-state index contributed by atoms with van der Waals surface area (Å²) in [6.45, 7) is 2.06. The molecule has 0 radical (unpaired) electrons. The van der Waals surface area contributed by atoms with E-state index in [-0.39, 0.29) is 22.2 Å². The molecule has 0 fully saturated rings. The van der Waals surface area contributed by atoms with Gasteiger partial charge in [-0.1, -0.05) is 0 Å². The highest BCUT2D eigenvalue weighted by Crippen LogP contribution is 2.26. The molecule has 0 aliphatic rings. The number of thioether (sulfide) groups is 1. The zero-order valence-corrected chi connectivity index (χ0v) is 13.6. The van der Waals surface area contributed by atoms with Gasteiger partial charge in [-0.25, -0.2) is 14.2 Å². The number of hydrogen-bond acceptors (Lipinski definition) is 6. The van der Waals surface area contributed by atoms with Gasteiger partial charge < -0.3 is 15.2 Å². The van der Waals surface area contributed by atoms with Gasteiger partial charge in [0.25, 0.3) is 0 Å². The smallest absolute Gasteiger partial charge is 0.338 e. The molecule has 24 heavy (non-hydrogen) atoms. The summed E-state index contributed by atoms with van der Waals surface area (Å²) in [6.07, 6.45) is 1.41. The molecule has 0 atom stereocenters. The minimum atomic E-state index is -1.16. The van der Waals surface area contributed by atoms with Gasteiger partial charge in [-0.15, -0.1) is 0 Å². The van der Waals surface area contributed by atoms with Gasteiger partial charge >= 0.3 is 5.97 Å². The lowest BCUT2D eigenvalue weighted by molar-refractivity contribution is -0.109. The number of hydrogen-bond donors (Lipinski definition) is 2. The van der Waals surface area contributed by atoms with Crippen molar-refractivity contribution in [2.75, 3.05) is 18.5 Å². The summed E-state index contributed by atoms with van der Waals surface area (Å²) in [4.78, 5) is 27.1. The second-order valence-corrected chi connectivity index (χ2v) is 5.61. The first-order valence-electron chi connectivity index (χ1n) is 7.06. The van der Waals surface area contributed by atoms with Crippen molar-refractivity contribution in [1.82, 2.24) is 4.98 Å². The highest BCUT2D eigenvalue weighted by atomic mass is 32.2. The van der Waals surface area contributed by atoms with E-state index >= 15 is 0 Å². The molecule has 1 aromatic carbocycles. The fourth-order valence-electron chi connectivity index (χ4n) is 1.87. The van der Waals surface area contributed by atoms with Crippen LogP contribution in [0.15, 0.2) is 41.6 Å². The fraction of sp³-hybridized carbons (Fsp3) is 0.188. The SMILES string of the molecule is CCOc1ccc(F)cc1NCC(=O)Sc1ncccc1C(=O)O. The summed E-state index contributed by atoms with van der Waals surface area (Å²) >= 11 is 0.713. The number of rotatable bonds is 7. The maximum atomic E-state index is 13.3. The van der Waals surface area contributed by atoms with E-state index < -0.39 is 11.8 Å². The van der Waals surface area contributed by atoms with E-state index in [2.05, 4.69) is 10.3 Å². The summed E-state index contributed by atoms with van der Waals surface area (Å²) in [5, 5.41) is 11.6. The average Bonchev–Trinajstić information content (AvgIpc) is 2.55. The highest BCUT2D eigenvalue weighted by molar-refractivity contribution is 8.13. The summed E-state index contributed by atoms with van der Waals surface area (Å²) in [7, 11) is 0. The van der Waals surface area contributed by atoms with E-state index in [0.717, 1.165) is 0 Å². The lowest BCUT2D eigenvalue weighted by atomic mass is 10.3. The van der Waals surface area contributed by atoms with E-state index in [0.29, 0.717) is 29.8 Å². The normalized spacial score (nSPS) is 10.2. The second-order valence-electron chi connectivity index (χ2n) is 4.56. The van der Waals surface area contributed by atoms with Gasteiger partial charge in [-0.2, -0.15) is 0 Å². The van der Waals surface area contributed by atoms with Crippen molar-refractivity contribution in [2.24, 2.45) is 0 Å². The number of aromatic carboxylic acids is 1. The van der Waals surface area contributed by atoms with Crippen molar-refractivity contribution < 1.29 is 23.8 Å². The van der Waals surface area contributed by atoms with Gasteiger partial charge in [0.1, 0.15) is 16.6 Å². The first-order chi connectivity index (χ1) is 11.5. The lowest BCUT2D eigenvalue weighted by Gasteiger charge is -2.12. The molecule has 0 saturated carbocycles. The molecule has 0 bridgehead atoms. The third-order valence-electron chi connectivity index (χ3n) is 2.88. The van der Waals surface area contributed by atoms with Crippen LogP contribution in [0.4, 0.5) is 10.1 Å². The van der Waals surface area contributed by atoms with Crippen LogP contribution in [0.2, 0.25) is 0 Å². The Hall–Kier alpha value is -2.61. The second kappa shape index (κ2) is 8.30. The Balaban J connectivity index is 2.04. The number of carbonyl (C=O) groups excluding carboxylic acids is 1. The first kappa shape index (κ1) is 17.7. The Kier molecular flexibility index (Phi) is 6.14. The Bertz CT molecular complexity index is 755. The van der Waals surface area contributed by atoms with Crippen molar-refractivity contribution in [3.63, 3.8) is 0 Å². The van der Waals surface area contributed by atoms with Crippen LogP contribution >= 0.6 is 11.8 Å². The number of aromatic nitrogens is 1. The van der Waals surface area contributed by atoms with E-state index in [1.807, 2.05) is 0 Å². The maximum absolute atomic E-state index is 13.3. The molecule has 0 unspecified atom stereocenters. The van der Waals surface area contributed by atoms with Crippen molar-refractivity contribution in [1.29, 1.82) is 0 Å². The minimum absolute atomic E-state index is 0.0448. The number of carboxylic acid groups (broad SMARTS) is 1. The maximum Gasteiger partial charge on any atom is 0.338 e. The molecule has 0 saturated heterocycles. The van der Waals surface area contributed by atoms with E-state index in [1.165, 1.54) is 36.5 Å². The molecule has 0 aliphatic carbocycles. The van der Waals surface area contributed by atoms with Crippen LogP contribution in [0.1, 0.15) is 17.3 Å². The topological polar surface area (TPSA) is 88.5 Å². The molecule has 2 rings (SSSR count). The number of anilines is 1. The molecule has 0 spiro atoms. The largest absolute Gasteiger partial charge is 0.492 e. The van der Waals surface area contributed by atoms with E-state index in [4.69, 9.17) is 9.84 Å². The number of carbonyl (C=O) groups is 2. The van der Waals surface area contributed by atoms with Gasteiger partial charge in [-0.3, -0.25) is 4.79 Å². The van der Waals surface area contributed by atoms with Crippen LogP contribution in [-0.2, 0) is 4.79 Å². The first-order valence-corrected chi connectivity index (χ1v) is 7.88. The fourth-order valence-corrected chi connectivity index (χ4v) is 2.61. The molecule has 0 aliphatic heterocycles. The molecular weight excluding hydrogens is 335 g/mol. The number of pyridine rings is 1. The lowest BCUT2D eigenvalue weighted by Crippen LogP contribution is -2.12. The van der Waals surface area contributed by atoms with Crippen LogP contribution in [-0.4, -0.2) is 34.3 Å². The molecule has 6 nitrogen and oxygen atoms in total. The monoisotopic (exact) mass is 350 g/mol. The van der Waals surface area contributed by atoms with Crippen molar-refractivity contribution >= 4 is 28.5 Å². The van der Waals surface area contributed by atoms with Crippen LogP contribution in [0.3, 0.4) is 0 Å². The zero-order chi connectivity index (χ0) is 17.5. The third-order valence-corrected chi connectivity index (χ3v) is 3.77. The van der Waals surface area contributed by atoms with Gasteiger partial charge in [-0.05, 0) is 43.0 Å². The van der Waals surface area contributed by atoms with Crippen LogP contribution in [0.5, 0.6) is 5.75 Å². The third kappa shape index (κ3) is 4.69. The van der Waals surface area contributed by atoms with Crippen LogP contribution in [0.25, 0.3) is 0 Å². The van der Waals surface area contributed by atoms with Gasteiger partial charge in [0.2, 0.25) is 5.12 Å². The van der Waals surface area contributed by atoms with Gasteiger partial charge in [0.05, 0.1) is 24.4 Å². The van der Waals surface area contributed by atoms with Crippen molar-refractivity contribution in [3.8, 4) is 5.75 Å². The molecule has 0 amide bonds. The molecule has 126 valence electrons. The van der Waals surface area contributed by atoms with E-state index in [1.54, 1.807) is 6.92 Å². The number of carboxylic acids is 1. The highest BCUT2D eigenvalue weighted by Gasteiger charge is 2.15. The zero-order valence-electron chi connectivity index (χ0n) is 12.8. The summed E-state index contributed by atoms with van der Waals surface area (Å²) in [5.74, 6) is -1.19. The number of halogens is 1. The standard InChI is InChI=1S/C16H15FN2O4S/c1-2-23-13-6-5-10(17)8-12(13)19-9-14(20)24-15-11(16(21)22)4-3-7-18-15/h3-8,19H,2,9H2,1H3,(H,21,22). The summed E-state index contributed by atoms with van der Waals surface area (Å²) in [6, 6.07) is 6.82. The Labute approximate surface area is 142 Å². The number of nitrogens with zero attached hydrogens (tertiary/aromatic N) is 1. The summed E-state index contributed by atoms with van der Waals surface area (Å²) < 4.78 is 18.7. The van der Waals surface area contributed by atoms with Crippen molar-refractivity contribution in [2.45, 2.75) is 11.9 Å². The molecule has 1 heterocycles. The minimum Gasteiger partial charge on any atom is -0.492 e. The molecule has 2 N–H and O–H groups in total. The molecule has 2 aromatic rings. The molecular formula is C16H15FN2O4S. The predicted octanol–water partition coefficient (Wildman–Crippen LogP) is 3.05. The van der Waals surface area contributed by atoms with Crippen LogP contribution < -0.4 is 10.1 Å². The Morgan fingerprint density at radius 3 is 2.88 bits per heavy atom. The van der Waals surface area contributed by atoms with E-state index in [9.17, 15) is 14.0 Å². The predicted molar refractivity (Wildman–Crippen MR) is 88.1 cm³/mol. The summed E-state index contributed by atoms with van der Waals surface area (Å²) in [5.41, 5.74) is 0.307.